The van der Waals surface area contributed by atoms with E-state index >= 15 is 0 Å². The number of hydrogen-bond acceptors (Lipinski definition) is 2. The number of rotatable bonds is 3. The number of ether oxygens (including phenoxy) is 2. The molecule has 0 spiro atoms. The predicted molar refractivity (Wildman–Crippen MR) is 80.8 cm³/mol. The van der Waals surface area contributed by atoms with Crippen LogP contribution in [0.3, 0.4) is 0 Å². The predicted octanol–water partition coefficient (Wildman–Crippen LogP) is 5.21. The van der Waals surface area contributed by atoms with Crippen molar-refractivity contribution in [3.05, 3.63) is 40.7 Å². The van der Waals surface area contributed by atoms with Crippen molar-refractivity contribution in [1.29, 1.82) is 0 Å². The van der Waals surface area contributed by atoms with Crippen LogP contribution in [0.1, 0.15) is 63.2 Å². The average Bonchev–Trinajstić information content (AvgIpc) is 2.52. The van der Waals surface area contributed by atoms with Gasteiger partial charge in [-0.1, -0.05) is 13.3 Å². The van der Waals surface area contributed by atoms with Gasteiger partial charge in [-0.3, -0.25) is 0 Å². The fraction of sp³-hybridized carbons (Fsp3) is 0.556. The van der Waals surface area contributed by atoms with Gasteiger partial charge in [-0.25, -0.2) is 4.39 Å². The molecule has 0 aliphatic carbocycles. The minimum atomic E-state index is -0.858. The molecule has 0 fully saturated rings. The summed E-state index contributed by atoms with van der Waals surface area (Å²) in [6.07, 6.45) is 6.20. The molecule has 2 nitrogen and oxygen atoms in total. The number of fused-ring (bicyclic) bond motifs is 1. The standard InChI is InChI=1S/C18H22F2O2/c1-3-4-13-7-6-12-9-14(15-8-5-11(2)10-21-15)16(19)17(20)18(12)22-13/h9-10,13,15H,3-8H2,1-2H3. The fourth-order valence-corrected chi connectivity index (χ4v) is 3.21. The highest BCUT2D eigenvalue weighted by molar-refractivity contribution is 5.42. The molecule has 0 N–H and O–H groups in total. The topological polar surface area (TPSA) is 18.5 Å². The maximum atomic E-state index is 14.4. The smallest absolute Gasteiger partial charge is 0.201 e. The lowest BCUT2D eigenvalue weighted by atomic mass is 9.93. The van der Waals surface area contributed by atoms with E-state index in [0.29, 0.717) is 12.0 Å². The normalized spacial score (nSPS) is 24.1. The summed E-state index contributed by atoms with van der Waals surface area (Å²) in [4.78, 5) is 0. The summed E-state index contributed by atoms with van der Waals surface area (Å²) in [6.45, 7) is 4.04. The Kier molecular flexibility index (Phi) is 4.37. The van der Waals surface area contributed by atoms with E-state index in [9.17, 15) is 8.78 Å². The molecule has 0 radical (unpaired) electrons. The van der Waals surface area contributed by atoms with Crippen molar-refractivity contribution in [2.45, 2.75) is 64.6 Å². The number of benzene rings is 1. The zero-order valence-electron chi connectivity index (χ0n) is 13.1. The van der Waals surface area contributed by atoms with E-state index in [1.807, 2.05) is 6.92 Å². The SMILES string of the molecule is CCCC1CCc2cc(C3CCC(C)=CO3)c(F)c(F)c2O1. The van der Waals surface area contributed by atoms with Crippen LogP contribution in [-0.4, -0.2) is 6.10 Å². The molecule has 0 saturated carbocycles. The zero-order valence-corrected chi connectivity index (χ0v) is 13.1. The van der Waals surface area contributed by atoms with E-state index in [4.69, 9.17) is 9.47 Å². The number of hydrogen-bond donors (Lipinski definition) is 0. The van der Waals surface area contributed by atoms with Crippen molar-refractivity contribution in [3.8, 4) is 5.75 Å². The van der Waals surface area contributed by atoms with Crippen LogP contribution < -0.4 is 4.74 Å². The van der Waals surface area contributed by atoms with E-state index in [1.54, 1.807) is 12.3 Å². The first-order chi connectivity index (χ1) is 10.6. The molecule has 2 atom stereocenters. The van der Waals surface area contributed by atoms with Crippen molar-refractivity contribution >= 4 is 0 Å². The summed E-state index contributed by atoms with van der Waals surface area (Å²) in [5.74, 6) is -1.58. The Morgan fingerprint density at radius 3 is 2.68 bits per heavy atom. The van der Waals surface area contributed by atoms with Crippen LogP contribution >= 0.6 is 0 Å². The monoisotopic (exact) mass is 308 g/mol. The quantitative estimate of drug-likeness (QED) is 0.762. The van der Waals surface area contributed by atoms with Crippen molar-refractivity contribution in [2.24, 2.45) is 0 Å². The molecule has 22 heavy (non-hydrogen) atoms. The third-order valence-electron chi connectivity index (χ3n) is 4.48. The molecule has 0 amide bonds. The van der Waals surface area contributed by atoms with Gasteiger partial charge in [0.2, 0.25) is 5.82 Å². The average molecular weight is 308 g/mol. The minimum Gasteiger partial charge on any atom is -0.493 e. The second-order valence-electron chi connectivity index (χ2n) is 6.28. The summed E-state index contributed by atoms with van der Waals surface area (Å²) in [5, 5.41) is 0. The fourth-order valence-electron chi connectivity index (χ4n) is 3.21. The first-order valence-corrected chi connectivity index (χ1v) is 8.08. The van der Waals surface area contributed by atoms with Crippen molar-refractivity contribution in [3.63, 3.8) is 0 Å². The van der Waals surface area contributed by atoms with Gasteiger partial charge < -0.3 is 9.47 Å². The lowest BCUT2D eigenvalue weighted by Crippen LogP contribution is -2.24. The van der Waals surface area contributed by atoms with Gasteiger partial charge in [0.05, 0.1) is 12.4 Å². The molecule has 0 saturated heterocycles. The highest BCUT2D eigenvalue weighted by Crippen LogP contribution is 2.39. The van der Waals surface area contributed by atoms with E-state index in [-0.39, 0.29) is 11.9 Å². The Hall–Kier alpha value is -1.58. The summed E-state index contributed by atoms with van der Waals surface area (Å²) in [7, 11) is 0. The van der Waals surface area contributed by atoms with Gasteiger partial charge in [-0.2, -0.15) is 4.39 Å². The minimum absolute atomic E-state index is 0.00577. The van der Waals surface area contributed by atoms with Crippen LogP contribution in [0.4, 0.5) is 8.78 Å². The summed E-state index contributed by atoms with van der Waals surface area (Å²) < 4.78 is 40.1. The Balaban J connectivity index is 1.90. The molecule has 2 aliphatic rings. The third kappa shape index (κ3) is 2.83. The second-order valence-corrected chi connectivity index (χ2v) is 6.28. The van der Waals surface area contributed by atoms with Gasteiger partial charge in [0.1, 0.15) is 6.10 Å². The van der Waals surface area contributed by atoms with Crippen molar-refractivity contribution in [1.82, 2.24) is 0 Å². The lowest BCUT2D eigenvalue weighted by Gasteiger charge is -2.29. The second kappa shape index (κ2) is 6.27. The van der Waals surface area contributed by atoms with Crippen molar-refractivity contribution < 1.29 is 18.3 Å². The van der Waals surface area contributed by atoms with E-state index in [0.717, 1.165) is 43.2 Å². The van der Waals surface area contributed by atoms with Crippen molar-refractivity contribution in [2.75, 3.05) is 0 Å². The Morgan fingerprint density at radius 2 is 2.00 bits per heavy atom. The summed E-state index contributed by atoms with van der Waals surface area (Å²) >= 11 is 0. The van der Waals surface area contributed by atoms with Crippen LogP contribution in [0.15, 0.2) is 17.9 Å². The Morgan fingerprint density at radius 1 is 1.18 bits per heavy atom. The number of allylic oxidation sites excluding steroid dienone is 1. The van der Waals surface area contributed by atoms with Gasteiger partial charge in [-0.05, 0) is 56.2 Å². The van der Waals surface area contributed by atoms with Crippen LogP contribution in [0.5, 0.6) is 5.75 Å². The van der Waals surface area contributed by atoms with Gasteiger partial charge in [-0.15, -0.1) is 0 Å². The molecule has 2 aliphatic heterocycles. The maximum absolute atomic E-state index is 14.4. The van der Waals surface area contributed by atoms with Crippen LogP contribution in [0, 0.1) is 11.6 Å². The molecule has 0 aromatic heterocycles. The van der Waals surface area contributed by atoms with E-state index < -0.39 is 17.7 Å². The van der Waals surface area contributed by atoms with Gasteiger partial charge >= 0.3 is 0 Å². The molecular formula is C18H22F2O2. The van der Waals surface area contributed by atoms with E-state index in [2.05, 4.69) is 6.92 Å². The third-order valence-corrected chi connectivity index (χ3v) is 4.48. The summed E-state index contributed by atoms with van der Waals surface area (Å²) in [6, 6.07) is 1.73. The van der Waals surface area contributed by atoms with Crippen LogP contribution in [0.25, 0.3) is 0 Å². The molecular weight excluding hydrogens is 286 g/mol. The molecule has 2 unspecified atom stereocenters. The molecule has 0 bridgehead atoms. The summed E-state index contributed by atoms with van der Waals surface area (Å²) in [5.41, 5.74) is 2.20. The largest absolute Gasteiger partial charge is 0.493 e. The molecule has 3 rings (SSSR count). The molecule has 1 aromatic carbocycles. The highest BCUT2D eigenvalue weighted by atomic mass is 19.2. The van der Waals surface area contributed by atoms with Gasteiger partial charge in [0.25, 0.3) is 0 Å². The first kappa shape index (κ1) is 15.3. The highest BCUT2D eigenvalue weighted by Gasteiger charge is 2.30. The molecule has 120 valence electrons. The maximum Gasteiger partial charge on any atom is 0.201 e. The number of halogens is 2. The molecule has 4 heteroatoms. The Bertz CT molecular complexity index is 595. The van der Waals surface area contributed by atoms with Gasteiger partial charge in [0.15, 0.2) is 11.6 Å². The Labute approximate surface area is 130 Å². The van der Waals surface area contributed by atoms with Crippen LogP contribution in [0.2, 0.25) is 0 Å². The zero-order chi connectivity index (χ0) is 15.7. The lowest BCUT2D eigenvalue weighted by molar-refractivity contribution is 0.114. The van der Waals surface area contributed by atoms with E-state index in [1.165, 1.54) is 0 Å². The first-order valence-electron chi connectivity index (χ1n) is 8.08. The van der Waals surface area contributed by atoms with Gasteiger partial charge in [0, 0.05) is 5.56 Å². The number of aryl methyl sites for hydroxylation is 1. The molecule has 2 heterocycles. The van der Waals surface area contributed by atoms with Crippen LogP contribution in [-0.2, 0) is 11.2 Å². The molecule has 1 aromatic rings.